The van der Waals surface area contributed by atoms with Crippen LogP contribution in [0.5, 0.6) is 0 Å². The largest absolute Gasteiger partial charge is 0.294 e. The zero-order valence-electron chi connectivity index (χ0n) is 8.56. The van der Waals surface area contributed by atoms with Crippen molar-refractivity contribution in [2.45, 2.75) is 40.0 Å². The molecule has 0 heterocycles. The van der Waals surface area contributed by atoms with Crippen LogP contribution in [0.15, 0.2) is 10.1 Å². The van der Waals surface area contributed by atoms with Gasteiger partial charge in [-0.1, -0.05) is 19.4 Å². The zero-order valence-corrected chi connectivity index (χ0v) is 10.1. The molecule has 0 saturated carbocycles. The molecule has 1 rings (SSSR count). The number of hydrogen-bond donors (Lipinski definition) is 0. The van der Waals surface area contributed by atoms with Crippen LogP contribution in [0, 0.1) is 11.8 Å². The fraction of sp³-hybridized carbons (Fsp3) is 0.727. The SMILES string of the molecule is CC1=C(Br)C(=O)CC(C(C)C)CC1. The first-order chi connectivity index (χ1) is 6.02. The van der Waals surface area contributed by atoms with Gasteiger partial charge in [0.25, 0.3) is 0 Å². The standard InChI is InChI=1S/C11H17BrO/c1-7(2)9-5-4-8(3)11(12)10(13)6-9/h7,9H,4-6H2,1-3H3. The molecule has 0 bridgehead atoms. The third-order valence-corrected chi connectivity index (χ3v) is 4.02. The van der Waals surface area contributed by atoms with E-state index in [9.17, 15) is 4.79 Å². The van der Waals surface area contributed by atoms with E-state index in [1.807, 2.05) is 6.92 Å². The van der Waals surface area contributed by atoms with Crippen molar-refractivity contribution in [2.24, 2.45) is 11.8 Å². The van der Waals surface area contributed by atoms with Crippen molar-refractivity contribution in [1.82, 2.24) is 0 Å². The monoisotopic (exact) mass is 244 g/mol. The molecule has 0 fully saturated rings. The van der Waals surface area contributed by atoms with Crippen molar-refractivity contribution in [1.29, 1.82) is 0 Å². The molecule has 0 aromatic carbocycles. The number of allylic oxidation sites excluding steroid dienone is 2. The number of rotatable bonds is 1. The molecule has 0 aromatic rings. The van der Waals surface area contributed by atoms with Gasteiger partial charge in [-0.3, -0.25) is 4.79 Å². The van der Waals surface area contributed by atoms with E-state index in [-0.39, 0.29) is 5.78 Å². The Morgan fingerprint density at radius 3 is 2.62 bits per heavy atom. The van der Waals surface area contributed by atoms with Crippen LogP contribution in [0.25, 0.3) is 0 Å². The molecule has 74 valence electrons. The summed E-state index contributed by atoms with van der Waals surface area (Å²) in [6.07, 6.45) is 2.94. The molecule has 1 nitrogen and oxygen atoms in total. The third-order valence-electron chi connectivity index (χ3n) is 2.90. The van der Waals surface area contributed by atoms with Crippen LogP contribution in [-0.2, 0) is 4.79 Å². The lowest BCUT2D eigenvalue weighted by molar-refractivity contribution is -0.115. The van der Waals surface area contributed by atoms with Crippen molar-refractivity contribution >= 4 is 21.7 Å². The molecule has 0 spiro atoms. The molecule has 1 aliphatic carbocycles. The van der Waals surface area contributed by atoms with Crippen LogP contribution in [0.4, 0.5) is 0 Å². The van der Waals surface area contributed by atoms with Gasteiger partial charge < -0.3 is 0 Å². The molecule has 0 amide bonds. The highest BCUT2D eigenvalue weighted by Gasteiger charge is 2.23. The summed E-state index contributed by atoms with van der Waals surface area (Å²) < 4.78 is 0.829. The van der Waals surface area contributed by atoms with E-state index in [1.54, 1.807) is 0 Å². The summed E-state index contributed by atoms with van der Waals surface area (Å²) in [5.74, 6) is 1.47. The summed E-state index contributed by atoms with van der Waals surface area (Å²) in [5, 5.41) is 0. The minimum atomic E-state index is 0.286. The lowest BCUT2D eigenvalue weighted by Crippen LogP contribution is -2.12. The normalized spacial score (nSPS) is 25.3. The summed E-state index contributed by atoms with van der Waals surface area (Å²) in [5.41, 5.74) is 1.22. The van der Waals surface area contributed by atoms with E-state index in [0.717, 1.165) is 23.7 Å². The van der Waals surface area contributed by atoms with E-state index in [0.29, 0.717) is 11.8 Å². The maximum atomic E-state index is 11.6. The number of carbonyl (C=O) groups excluding carboxylic acids is 1. The summed E-state index contributed by atoms with van der Waals surface area (Å²) in [6.45, 7) is 6.45. The second-order valence-corrected chi connectivity index (χ2v) is 5.06. The zero-order chi connectivity index (χ0) is 10.0. The van der Waals surface area contributed by atoms with Crippen molar-refractivity contribution < 1.29 is 4.79 Å². The minimum absolute atomic E-state index is 0.286. The fourth-order valence-corrected chi connectivity index (χ4v) is 2.11. The molecule has 0 radical (unpaired) electrons. The Balaban J connectivity index is 2.75. The van der Waals surface area contributed by atoms with Crippen molar-refractivity contribution in [3.05, 3.63) is 10.1 Å². The molecular weight excluding hydrogens is 228 g/mol. The molecule has 0 aliphatic heterocycles. The van der Waals surface area contributed by atoms with Gasteiger partial charge in [0.1, 0.15) is 0 Å². The van der Waals surface area contributed by atoms with Crippen LogP contribution in [-0.4, -0.2) is 5.78 Å². The van der Waals surface area contributed by atoms with Crippen molar-refractivity contribution in [2.75, 3.05) is 0 Å². The minimum Gasteiger partial charge on any atom is -0.294 e. The molecule has 0 saturated heterocycles. The number of carbonyl (C=O) groups is 1. The van der Waals surface area contributed by atoms with Gasteiger partial charge >= 0.3 is 0 Å². The van der Waals surface area contributed by atoms with Gasteiger partial charge in [0.05, 0.1) is 4.48 Å². The number of hydrogen-bond acceptors (Lipinski definition) is 1. The van der Waals surface area contributed by atoms with Crippen molar-refractivity contribution in [3.63, 3.8) is 0 Å². The molecule has 1 aliphatic rings. The molecule has 1 unspecified atom stereocenters. The molecule has 0 aromatic heterocycles. The average molecular weight is 245 g/mol. The Hall–Kier alpha value is -0.110. The van der Waals surface area contributed by atoms with Gasteiger partial charge in [-0.2, -0.15) is 0 Å². The first-order valence-corrected chi connectivity index (χ1v) is 5.70. The molecular formula is C11H17BrO. The number of halogens is 1. The Morgan fingerprint density at radius 1 is 1.46 bits per heavy atom. The van der Waals surface area contributed by atoms with Gasteiger partial charge in [-0.15, -0.1) is 0 Å². The molecule has 1 atom stereocenters. The number of ketones is 1. The van der Waals surface area contributed by atoms with Crippen molar-refractivity contribution in [3.8, 4) is 0 Å². The average Bonchev–Trinajstić information content (AvgIpc) is 2.19. The molecule has 2 heteroatoms. The predicted octanol–water partition coefficient (Wildman–Crippen LogP) is 3.68. The summed E-state index contributed by atoms with van der Waals surface area (Å²) in [4.78, 5) is 11.6. The Morgan fingerprint density at radius 2 is 2.08 bits per heavy atom. The second kappa shape index (κ2) is 4.41. The van der Waals surface area contributed by atoms with Crippen LogP contribution in [0.1, 0.15) is 40.0 Å². The fourth-order valence-electron chi connectivity index (χ4n) is 1.75. The lowest BCUT2D eigenvalue weighted by Gasteiger charge is -2.17. The smallest absolute Gasteiger partial charge is 0.170 e. The second-order valence-electron chi connectivity index (χ2n) is 4.26. The lowest BCUT2D eigenvalue weighted by atomic mass is 9.88. The van der Waals surface area contributed by atoms with Crippen LogP contribution in [0.3, 0.4) is 0 Å². The summed E-state index contributed by atoms with van der Waals surface area (Å²) in [7, 11) is 0. The Labute approximate surface area is 88.7 Å². The molecule has 13 heavy (non-hydrogen) atoms. The van der Waals surface area contributed by atoms with E-state index in [4.69, 9.17) is 0 Å². The highest BCUT2D eigenvalue weighted by Crippen LogP contribution is 2.31. The van der Waals surface area contributed by atoms with Gasteiger partial charge in [-0.05, 0) is 47.5 Å². The van der Waals surface area contributed by atoms with Gasteiger partial charge in [0, 0.05) is 6.42 Å². The maximum Gasteiger partial charge on any atom is 0.170 e. The quantitative estimate of drug-likeness (QED) is 0.688. The third kappa shape index (κ3) is 2.67. The first kappa shape index (κ1) is 11.0. The summed E-state index contributed by atoms with van der Waals surface area (Å²) in [6, 6.07) is 0. The topological polar surface area (TPSA) is 17.1 Å². The van der Waals surface area contributed by atoms with Gasteiger partial charge in [0.2, 0.25) is 0 Å². The van der Waals surface area contributed by atoms with Crippen LogP contribution >= 0.6 is 15.9 Å². The Kier molecular flexibility index (Phi) is 3.72. The molecule has 0 N–H and O–H groups in total. The van der Waals surface area contributed by atoms with Gasteiger partial charge in [0.15, 0.2) is 5.78 Å². The van der Waals surface area contributed by atoms with E-state index >= 15 is 0 Å². The Bertz CT molecular complexity index is 240. The maximum absolute atomic E-state index is 11.6. The number of Topliss-reactive ketones (excluding diaryl/α,β-unsaturated/α-hetero) is 1. The highest BCUT2D eigenvalue weighted by atomic mass is 79.9. The van der Waals surface area contributed by atoms with E-state index in [1.165, 1.54) is 5.57 Å². The predicted molar refractivity (Wildman–Crippen MR) is 58.8 cm³/mol. The highest BCUT2D eigenvalue weighted by molar-refractivity contribution is 9.12. The van der Waals surface area contributed by atoms with Gasteiger partial charge in [-0.25, -0.2) is 0 Å². The van der Waals surface area contributed by atoms with E-state index in [2.05, 4.69) is 29.8 Å². The van der Waals surface area contributed by atoms with Crippen LogP contribution < -0.4 is 0 Å². The van der Waals surface area contributed by atoms with Crippen LogP contribution in [0.2, 0.25) is 0 Å². The summed E-state index contributed by atoms with van der Waals surface area (Å²) >= 11 is 3.38. The van der Waals surface area contributed by atoms with E-state index < -0.39 is 0 Å². The first-order valence-electron chi connectivity index (χ1n) is 4.90.